The summed E-state index contributed by atoms with van der Waals surface area (Å²) < 4.78 is 0. The second-order valence-corrected chi connectivity index (χ2v) is 4.85. The van der Waals surface area contributed by atoms with Crippen LogP contribution in [0.15, 0.2) is 48.7 Å². The fourth-order valence-corrected chi connectivity index (χ4v) is 1.89. The van der Waals surface area contributed by atoms with Gasteiger partial charge in [0.25, 0.3) is 0 Å². The van der Waals surface area contributed by atoms with Gasteiger partial charge in [0.1, 0.15) is 0 Å². The fourth-order valence-electron chi connectivity index (χ4n) is 1.89. The Balaban J connectivity index is 3.25. The van der Waals surface area contributed by atoms with Crippen LogP contribution in [0.2, 0.25) is 0 Å². The maximum absolute atomic E-state index is 5.21. The van der Waals surface area contributed by atoms with E-state index >= 15 is 0 Å². The van der Waals surface area contributed by atoms with Crippen molar-refractivity contribution in [3.63, 3.8) is 0 Å². The van der Waals surface area contributed by atoms with Gasteiger partial charge in [-0.2, -0.15) is 0 Å². The zero-order chi connectivity index (χ0) is 14.0. The molecule has 0 saturated heterocycles. The predicted octanol–water partition coefficient (Wildman–Crippen LogP) is 5.66. The van der Waals surface area contributed by atoms with Crippen LogP contribution in [-0.2, 0) is 0 Å². The molecule has 0 heterocycles. The highest BCUT2D eigenvalue weighted by Gasteiger charge is 1.89. The van der Waals surface area contributed by atoms with Gasteiger partial charge in [0.2, 0.25) is 0 Å². The van der Waals surface area contributed by atoms with Gasteiger partial charge in [-0.15, -0.1) is 0 Å². The molecule has 0 aliphatic carbocycles. The van der Waals surface area contributed by atoms with Gasteiger partial charge in [-0.3, -0.25) is 0 Å². The Kier molecular flexibility index (Phi) is 15.7. The molecule has 0 rings (SSSR count). The highest BCUT2D eigenvalue weighted by Crippen LogP contribution is 2.09. The Morgan fingerprint density at radius 1 is 0.632 bits per heavy atom. The molecule has 0 fully saturated rings. The van der Waals surface area contributed by atoms with E-state index in [2.05, 4.69) is 25.2 Å². The summed E-state index contributed by atoms with van der Waals surface area (Å²) in [5.41, 5.74) is 5.21. The van der Waals surface area contributed by atoms with Crippen molar-refractivity contribution in [1.29, 1.82) is 0 Å². The third-order valence-corrected chi connectivity index (χ3v) is 3.03. The van der Waals surface area contributed by atoms with Crippen molar-refractivity contribution in [2.75, 3.05) is 0 Å². The third kappa shape index (κ3) is 16.8. The largest absolute Gasteiger partial charge is 0.405 e. The minimum atomic E-state index is 1.20. The smallest absolute Gasteiger partial charge is 0.00624 e. The summed E-state index contributed by atoms with van der Waals surface area (Å²) in [5.74, 6) is 0. The number of hydrogen-bond donors (Lipinski definition) is 1. The third-order valence-electron chi connectivity index (χ3n) is 3.03. The lowest BCUT2D eigenvalue weighted by atomic mass is 10.1. The van der Waals surface area contributed by atoms with E-state index in [0.29, 0.717) is 0 Å². The van der Waals surface area contributed by atoms with Gasteiger partial charge in [-0.05, 0) is 25.1 Å². The van der Waals surface area contributed by atoms with Crippen molar-refractivity contribution in [3.05, 3.63) is 48.7 Å². The number of nitrogens with two attached hydrogens (primary N) is 1. The van der Waals surface area contributed by atoms with E-state index in [1.807, 2.05) is 24.3 Å². The Bertz CT molecular complexity index is 271. The second kappa shape index (κ2) is 16.8. The fraction of sp³-hybridized carbons (Fsp3) is 0.556. The van der Waals surface area contributed by atoms with Gasteiger partial charge >= 0.3 is 0 Å². The first-order chi connectivity index (χ1) is 9.41. The average molecular weight is 261 g/mol. The standard InChI is InChI=1S/C18H31N/c1-2-3-4-5-6-7-8-9-10-11-12-13-14-15-16-17-18-19/h11-18H,2-10,19H2,1H3. The molecule has 0 amide bonds. The summed E-state index contributed by atoms with van der Waals surface area (Å²) >= 11 is 0. The van der Waals surface area contributed by atoms with Crippen molar-refractivity contribution in [2.24, 2.45) is 5.73 Å². The zero-order valence-corrected chi connectivity index (χ0v) is 12.6. The molecule has 0 bridgehead atoms. The molecular weight excluding hydrogens is 230 g/mol. The van der Waals surface area contributed by atoms with Crippen molar-refractivity contribution in [1.82, 2.24) is 0 Å². The highest BCUT2D eigenvalue weighted by atomic mass is 14.5. The van der Waals surface area contributed by atoms with E-state index in [4.69, 9.17) is 5.73 Å². The molecule has 0 aliphatic heterocycles. The number of unbranched alkanes of at least 4 members (excludes halogenated alkanes) is 8. The molecule has 0 aromatic carbocycles. The van der Waals surface area contributed by atoms with E-state index in [1.165, 1.54) is 64.0 Å². The SMILES string of the molecule is CCCCCCCCCCC=CC=CC=CC=CN. The Morgan fingerprint density at radius 2 is 1.16 bits per heavy atom. The summed E-state index contributed by atoms with van der Waals surface area (Å²) in [4.78, 5) is 0. The minimum absolute atomic E-state index is 1.20. The molecule has 0 unspecified atom stereocenters. The molecule has 2 N–H and O–H groups in total. The van der Waals surface area contributed by atoms with Crippen LogP contribution < -0.4 is 5.73 Å². The van der Waals surface area contributed by atoms with Gasteiger partial charge in [0, 0.05) is 0 Å². The summed E-state index contributed by atoms with van der Waals surface area (Å²) in [7, 11) is 0. The topological polar surface area (TPSA) is 26.0 Å². The average Bonchev–Trinajstić information content (AvgIpc) is 2.43. The Labute approximate surface area is 120 Å². The maximum Gasteiger partial charge on any atom is -0.00624 e. The van der Waals surface area contributed by atoms with Gasteiger partial charge < -0.3 is 5.73 Å². The zero-order valence-electron chi connectivity index (χ0n) is 12.6. The van der Waals surface area contributed by atoms with Gasteiger partial charge in [0.15, 0.2) is 0 Å². The van der Waals surface area contributed by atoms with E-state index in [1.54, 1.807) is 0 Å². The highest BCUT2D eigenvalue weighted by molar-refractivity contribution is 5.14. The molecule has 0 aromatic heterocycles. The van der Waals surface area contributed by atoms with Gasteiger partial charge in [0.05, 0.1) is 0 Å². The van der Waals surface area contributed by atoms with Crippen molar-refractivity contribution < 1.29 is 0 Å². The van der Waals surface area contributed by atoms with E-state index in [-0.39, 0.29) is 0 Å². The summed E-state index contributed by atoms with van der Waals surface area (Å²) in [5, 5.41) is 0. The molecule has 0 aromatic rings. The lowest BCUT2D eigenvalue weighted by Gasteiger charge is -1.99. The predicted molar refractivity (Wildman–Crippen MR) is 88.0 cm³/mol. The van der Waals surface area contributed by atoms with E-state index < -0.39 is 0 Å². The molecule has 1 nitrogen and oxygen atoms in total. The summed E-state index contributed by atoms with van der Waals surface area (Å²) in [6, 6.07) is 0. The lowest BCUT2D eigenvalue weighted by Crippen LogP contribution is -1.79. The number of allylic oxidation sites excluding steroid dienone is 7. The molecular formula is C18H31N. The van der Waals surface area contributed by atoms with E-state index in [0.717, 1.165) is 0 Å². The van der Waals surface area contributed by atoms with Crippen LogP contribution in [0.1, 0.15) is 64.7 Å². The second-order valence-electron chi connectivity index (χ2n) is 4.85. The number of hydrogen-bond acceptors (Lipinski definition) is 1. The first-order valence-electron chi connectivity index (χ1n) is 7.78. The molecule has 0 aliphatic rings. The van der Waals surface area contributed by atoms with Crippen molar-refractivity contribution in [3.8, 4) is 0 Å². The van der Waals surface area contributed by atoms with Crippen LogP contribution in [0, 0.1) is 0 Å². The van der Waals surface area contributed by atoms with Crippen LogP contribution in [0.3, 0.4) is 0 Å². The first-order valence-corrected chi connectivity index (χ1v) is 7.78. The van der Waals surface area contributed by atoms with Gasteiger partial charge in [-0.25, -0.2) is 0 Å². The molecule has 0 spiro atoms. The monoisotopic (exact) mass is 261 g/mol. The maximum atomic E-state index is 5.21. The van der Waals surface area contributed by atoms with Crippen LogP contribution in [0.4, 0.5) is 0 Å². The van der Waals surface area contributed by atoms with Crippen LogP contribution in [-0.4, -0.2) is 0 Å². The van der Waals surface area contributed by atoms with Gasteiger partial charge in [-0.1, -0.05) is 88.3 Å². The molecule has 1 heteroatoms. The summed E-state index contributed by atoms with van der Waals surface area (Å²) in [6.07, 6.45) is 28.0. The number of rotatable bonds is 12. The quantitative estimate of drug-likeness (QED) is 0.356. The van der Waals surface area contributed by atoms with Crippen molar-refractivity contribution >= 4 is 0 Å². The molecule has 19 heavy (non-hydrogen) atoms. The summed E-state index contributed by atoms with van der Waals surface area (Å²) in [6.45, 7) is 2.27. The molecule has 0 radical (unpaired) electrons. The first kappa shape index (κ1) is 17.8. The van der Waals surface area contributed by atoms with E-state index in [9.17, 15) is 0 Å². The minimum Gasteiger partial charge on any atom is -0.405 e. The normalized spacial score (nSPS) is 12.7. The van der Waals surface area contributed by atoms with Crippen LogP contribution >= 0.6 is 0 Å². The van der Waals surface area contributed by atoms with Crippen LogP contribution in [0.5, 0.6) is 0 Å². The van der Waals surface area contributed by atoms with Crippen LogP contribution in [0.25, 0.3) is 0 Å². The molecule has 108 valence electrons. The molecule has 0 saturated carbocycles. The Morgan fingerprint density at radius 3 is 1.79 bits per heavy atom. The molecule has 0 atom stereocenters. The Hall–Kier alpha value is -1.24. The lowest BCUT2D eigenvalue weighted by molar-refractivity contribution is 0.577. The van der Waals surface area contributed by atoms with Crippen molar-refractivity contribution in [2.45, 2.75) is 64.7 Å².